The van der Waals surface area contributed by atoms with E-state index < -0.39 is 0 Å². The van der Waals surface area contributed by atoms with Crippen molar-refractivity contribution < 1.29 is 9.53 Å². The Bertz CT molecular complexity index is 635. The number of aromatic nitrogens is 3. The van der Waals surface area contributed by atoms with Gasteiger partial charge in [0.2, 0.25) is 0 Å². The van der Waals surface area contributed by atoms with Crippen LogP contribution in [0, 0.1) is 0 Å². The summed E-state index contributed by atoms with van der Waals surface area (Å²) in [5.74, 6) is 1.38. The van der Waals surface area contributed by atoms with Crippen molar-refractivity contribution in [2.24, 2.45) is 0 Å². The molecule has 0 aromatic carbocycles. The molecule has 0 atom stereocenters. The van der Waals surface area contributed by atoms with Crippen LogP contribution in [0.2, 0.25) is 0 Å². The van der Waals surface area contributed by atoms with Crippen LogP contribution >= 0.6 is 23.1 Å². The van der Waals surface area contributed by atoms with Gasteiger partial charge in [-0.1, -0.05) is 32.5 Å². The van der Waals surface area contributed by atoms with Crippen LogP contribution in [0.4, 0.5) is 0 Å². The number of esters is 1. The van der Waals surface area contributed by atoms with Crippen LogP contribution in [-0.2, 0) is 16.1 Å². The third-order valence-corrected chi connectivity index (χ3v) is 5.33. The molecule has 0 bridgehead atoms. The number of methoxy groups -OCH3 is 1. The van der Waals surface area contributed by atoms with E-state index in [4.69, 9.17) is 0 Å². The number of hydrogen-bond acceptors (Lipinski definition) is 6. The number of ether oxygens (including phenoxy) is 1. The molecule has 22 heavy (non-hydrogen) atoms. The second-order valence-electron chi connectivity index (χ2n) is 5.22. The molecule has 0 spiro atoms. The SMILES string of the molecule is CCCn1c(SCC(=O)OC)nnc1-c1csc(C(C)C)c1. The highest BCUT2D eigenvalue weighted by Crippen LogP contribution is 2.31. The van der Waals surface area contributed by atoms with Gasteiger partial charge >= 0.3 is 5.97 Å². The van der Waals surface area contributed by atoms with Crippen molar-refractivity contribution in [2.75, 3.05) is 12.9 Å². The van der Waals surface area contributed by atoms with Crippen LogP contribution in [0.3, 0.4) is 0 Å². The molecular formula is C15H21N3O2S2. The Morgan fingerprint density at radius 2 is 2.23 bits per heavy atom. The van der Waals surface area contributed by atoms with Crippen molar-refractivity contribution in [3.63, 3.8) is 0 Å². The maximum atomic E-state index is 11.3. The first-order chi connectivity index (χ1) is 10.6. The Morgan fingerprint density at radius 1 is 1.45 bits per heavy atom. The predicted molar refractivity (Wildman–Crippen MR) is 90.5 cm³/mol. The molecule has 0 aliphatic rings. The molecule has 0 saturated heterocycles. The summed E-state index contributed by atoms with van der Waals surface area (Å²) in [5.41, 5.74) is 1.10. The first-order valence-corrected chi connectivity index (χ1v) is 9.15. The smallest absolute Gasteiger partial charge is 0.316 e. The molecule has 0 aliphatic carbocycles. The number of rotatable bonds is 7. The first-order valence-electron chi connectivity index (χ1n) is 7.28. The minimum absolute atomic E-state index is 0.249. The molecule has 0 saturated carbocycles. The third kappa shape index (κ3) is 3.89. The van der Waals surface area contributed by atoms with Crippen molar-refractivity contribution in [3.8, 4) is 11.4 Å². The minimum Gasteiger partial charge on any atom is -0.468 e. The lowest BCUT2D eigenvalue weighted by molar-refractivity contribution is -0.137. The summed E-state index contributed by atoms with van der Waals surface area (Å²) in [4.78, 5) is 12.6. The number of thioether (sulfide) groups is 1. The lowest BCUT2D eigenvalue weighted by Gasteiger charge is -2.07. The van der Waals surface area contributed by atoms with Crippen LogP contribution < -0.4 is 0 Å². The molecule has 2 aromatic rings. The molecule has 0 unspecified atom stereocenters. The van der Waals surface area contributed by atoms with E-state index in [9.17, 15) is 4.79 Å². The molecule has 0 N–H and O–H groups in total. The minimum atomic E-state index is -0.254. The number of thiophene rings is 1. The van der Waals surface area contributed by atoms with Crippen molar-refractivity contribution in [2.45, 2.75) is 44.8 Å². The van der Waals surface area contributed by atoms with Gasteiger partial charge in [0.1, 0.15) is 0 Å². The van der Waals surface area contributed by atoms with Crippen LogP contribution in [-0.4, -0.2) is 33.6 Å². The van der Waals surface area contributed by atoms with E-state index in [0.29, 0.717) is 5.92 Å². The average Bonchev–Trinajstić information content (AvgIpc) is 3.12. The molecular weight excluding hydrogens is 318 g/mol. The Hall–Kier alpha value is -1.34. The second kappa shape index (κ2) is 7.78. The largest absolute Gasteiger partial charge is 0.468 e. The van der Waals surface area contributed by atoms with Gasteiger partial charge in [0.15, 0.2) is 11.0 Å². The zero-order valence-corrected chi connectivity index (χ0v) is 15.0. The normalized spacial score (nSPS) is 11.1. The standard InChI is InChI=1S/C15H21N3O2S2/c1-5-6-18-14(11-7-12(10(2)3)21-8-11)16-17-15(18)22-9-13(19)20-4/h7-8,10H,5-6,9H2,1-4H3. The van der Waals surface area contributed by atoms with Crippen molar-refractivity contribution in [1.82, 2.24) is 14.8 Å². The van der Waals surface area contributed by atoms with Gasteiger partial charge in [-0.05, 0) is 18.4 Å². The third-order valence-electron chi connectivity index (χ3n) is 3.16. The van der Waals surface area contributed by atoms with Gasteiger partial charge in [0, 0.05) is 22.4 Å². The maximum Gasteiger partial charge on any atom is 0.316 e. The van der Waals surface area contributed by atoms with Crippen molar-refractivity contribution >= 4 is 29.1 Å². The highest BCUT2D eigenvalue weighted by atomic mass is 32.2. The quantitative estimate of drug-likeness (QED) is 0.567. The highest BCUT2D eigenvalue weighted by molar-refractivity contribution is 7.99. The van der Waals surface area contributed by atoms with Gasteiger partial charge in [-0.15, -0.1) is 21.5 Å². The molecule has 0 amide bonds. The van der Waals surface area contributed by atoms with E-state index >= 15 is 0 Å². The molecule has 2 aromatic heterocycles. The Labute approximate surface area is 139 Å². The maximum absolute atomic E-state index is 11.3. The molecule has 0 radical (unpaired) electrons. The van der Waals surface area contributed by atoms with E-state index in [0.717, 1.165) is 29.5 Å². The van der Waals surface area contributed by atoms with Gasteiger partial charge < -0.3 is 9.30 Å². The first kappa shape index (κ1) is 17.0. The molecule has 5 nitrogen and oxygen atoms in total. The van der Waals surface area contributed by atoms with E-state index in [1.54, 1.807) is 11.3 Å². The Balaban J connectivity index is 2.26. The Kier molecular flexibility index (Phi) is 6.02. The number of carbonyl (C=O) groups excluding carboxylic acids is 1. The lowest BCUT2D eigenvalue weighted by atomic mass is 10.1. The molecule has 2 heterocycles. The lowest BCUT2D eigenvalue weighted by Crippen LogP contribution is -2.06. The fraction of sp³-hybridized carbons (Fsp3) is 0.533. The van der Waals surface area contributed by atoms with Crippen molar-refractivity contribution in [3.05, 3.63) is 16.3 Å². The molecule has 120 valence electrons. The number of carbonyl (C=O) groups is 1. The van der Waals surface area contributed by atoms with E-state index in [1.165, 1.54) is 23.7 Å². The fourth-order valence-corrected chi connectivity index (χ4v) is 3.69. The van der Waals surface area contributed by atoms with Crippen LogP contribution in [0.15, 0.2) is 16.6 Å². The van der Waals surface area contributed by atoms with Crippen LogP contribution in [0.5, 0.6) is 0 Å². The molecule has 2 rings (SSSR count). The summed E-state index contributed by atoms with van der Waals surface area (Å²) in [6.45, 7) is 7.32. The van der Waals surface area contributed by atoms with Gasteiger partial charge in [-0.25, -0.2) is 0 Å². The fourth-order valence-electron chi connectivity index (χ4n) is 1.99. The second-order valence-corrected chi connectivity index (χ2v) is 7.10. The summed E-state index contributed by atoms with van der Waals surface area (Å²) in [6, 6.07) is 2.18. The topological polar surface area (TPSA) is 57.0 Å². The zero-order chi connectivity index (χ0) is 16.1. The summed E-state index contributed by atoms with van der Waals surface area (Å²) < 4.78 is 6.76. The van der Waals surface area contributed by atoms with E-state index in [2.05, 4.69) is 51.7 Å². The van der Waals surface area contributed by atoms with Crippen LogP contribution in [0.1, 0.15) is 38.0 Å². The van der Waals surface area contributed by atoms with E-state index in [1.807, 2.05) is 0 Å². The number of hydrogen-bond donors (Lipinski definition) is 0. The van der Waals surface area contributed by atoms with Gasteiger partial charge in [-0.3, -0.25) is 4.79 Å². The van der Waals surface area contributed by atoms with Gasteiger partial charge in [-0.2, -0.15) is 0 Å². The van der Waals surface area contributed by atoms with Gasteiger partial charge in [0.05, 0.1) is 12.9 Å². The zero-order valence-electron chi connectivity index (χ0n) is 13.3. The molecule has 0 aliphatic heterocycles. The van der Waals surface area contributed by atoms with Gasteiger partial charge in [0.25, 0.3) is 0 Å². The summed E-state index contributed by atoms with van der Waals surface area (Å²) in [6.07, 6.45) is 0.984. The van der Waals surface area contributed by atoms with E-state index in [-0.39, 0.29) is 11.7 Å². The van der Waals surface area contributed by atoms with Crippen LogP contribution in [0.25, 0.3) is 11.4 Å². The highest BCUT2D eigenvalue weighted by Gasteiger charge is 2.17. The monoisotopic (exact) mass is 339 g/mol. The molecule has 0 fully saturated rings. The molecule has 7 heteroatoms. The average molecular weight is 339 g/mol. The van der Waals surface area contributed by atoms with Crippen molar-refractivity contribution in [1.29, 1.82) is 0 Å². The summed E-state index contributed by atoms with van der Waals surface area (Å²) in [5, 5.41) is 11.5. The number of nitrogens with zero attached hydrogens (tertiary/aromatic N) is 3. The Morgan fingerprint density at radius 3 is 2.82 bits per heavy atom. The summed E-state index contributed by atoms with van der Waals surface area (Å²) >= 11 is 3.11. The predicted octanol–water partition coefficient (Wildman–Crippen LogP) is 3.81. The summed E-state index contributed by atoms with van der Waals surface area (Å²) in [7, 11) is 1.39.